The number of ether oxygens (including phenoxy) is 3. The van der Waals surface area contributed by atoms with E-state index in [0.717, 1.165) is 49.8 Å². The highest BCUT2D eigenvalue weighted by atomic mass is 16.5. The van der Waals surface area contributed by atoms with Gasteiger partial charge in [-0.05, 0) is 25.1 Å². The lowest BCUT2D eigenvalue weighted by atomic mass is 10.1. The fraction of sp³-hybridized carbons (Fsp3) is 0.667. The van der Waals surface area contributed by atoms with E-state index in [9.17, 15) is 5.11 Å². The van der Waals surface area contributed by atoms with Crippen LogP contribution in [0.25, 0.3) is 0 Å². The molecule has 1 aromatic rings. The lowest BCUT2D eigenvalue weighted by Gasteiger charge is -2.35. The van der Waals surface area contributed by atoms with Gasteiger partial charge in [-0.25, -0.2) is 0 Å². The normalized spacial score (nSPS) is 17.7. The molecule has 1 aromatic carbocycles. The number of hydrogen-bond acceptors (Lipinski definition) is 6. The van der Waals surface area contributed by atoms with Crippen molar-refractivity contribution in [2.45, 2.75) is 19.6 Å². The monoisotopic (exact) mass is 338 g/mol. The first-order chi connectivity index (χ1) is 11.7. The van der Waals surface area contributed by atoms with Gasteiger partial charge in [-0.1, -0.05) is 0 Å². The van der Waals surface area contributed by atoms with Crippen LogP contribution in [0.15, 0.2) is 18.2 Å². The number of rotatable bonds is 9. The molecule has 0 spiro atoms. The number of benzene rings is 1. The van der Waals surface area contributed by atoms with Gasteiger partial charge in [-0.15, -0.1) is 0 Å². The Morgan fingerprint density at radius 3 is 2.42 bits per heavy atom. The molecule has 0 aliphatic carbocycles. The van der Waals surface area contributed by atoms with E-state index in [2.05, 4.69) is 9.80 Å². The van der Waals surface area contributed by atoms with Crippen LogP contribution in [0.3, 0.4) is 0 Å². The Bertz CT molecular complexity index is 490. The van der Waals surface area contributed by atoms with E-state index in [0.29, 0.717) is 19.8 Å². The van der Waals surface area contributed by atoms with E-state index in [-0.39, 0.29) is 0 Å². The highest BCUT2D eigenvalue weighted by molar-refractivity contribution is 5.40. The van der Waals surface area contributed by atoms with Crippen LogP contribution >= 0.6 is 0 Å². The minimum absolute atomic E-state index is 0.407. The molecule has 6 nitrogen and oxygen atoms in total. The molecule has 1 atom stereocenters. The fourth-order valence-corrected chi connectivity index (χ4v) is 2.98. The van der Waals surface area contributed by atoms with Gasteiger partial charge in [-0.2, -0.15) is 0 Å². The topological polar surface area (TPSA) is 54.4 Å². The van der Waals surface area contributed by atoms with Crippen LogP contribution in [0.4, 0.5) is 0 Å². The molecule has 1 fully saturated rings. The van der Waals surface area contributed by atoms with E-state index in [4.69, 9.17) is 14.2 Å². The third-order valence-corrected chi connectivity index (χ3v) is 4.33. The van der Waals surface area contributed by atoms with E-state index >= 15 is 0 Å². The van der Waals surface area contributed by atoms with Crippen molar-refractivity contribution in [3.63, 3.8) is 0 Å². The minimum atomic E-state index is -0.407. The Balaban J connectivity index is 1.82. The molecule has 24 heavy (non-hydrogen) atoms. The number of β-amino-alcohol motifs (C(OH)–C–C–N with tert-alkyl or cyclic N) is 1. The van der Waals surface area contributed by atoms with Crippen molar-refractivity contribution in [2.75, 3.05) is 60.2 Å². The zero-order valence-corrected chi connectivity index (χ0v) is 15.0. The smallest absolute Gasteiger partial charge is 0.123 e. The lowest BCUT2D eigenvalue weighted by Crippen LogP contribution is -2.48. The van der Waals surface area contributed by atoms with Crippen molar-refractivity contribution in [1.82, 2.24) is 9.80 Å². The predicted molar refractivity (Wildman–Crippen MR) is 93.8 cm³/mol. The van der Waals surface area contributed by atoms with Crippen molar-refractivity contribution < 1.29 is 19.3 Å². The fourth-order valence-electron chi connectivity index (χ4n) is 2.98. The molecule has 0 radical (unpaired) electrons. The van der Waals surface area contributed by atoms with Crippen LogP contribution in [-0.2, 0) is 11.3 Å². The maximum Gasteiger partial charge on any atom is 0.123 e. The second-order valence-electron chi connectivity index (χ2n) is 6.07. The van der Waals surface area contributed by atoms with Gasteiger partial charge in [0.05, 0.1) is 26.9 Å². The Morgan fingerprint density at radius 2 is 1.79 bits per heavy atom. The van der Waals surface area contributed by atoms with Gasteiger partial charge in [0, 0.05) is 51.4 Å². The summed E-state index contributed by atoms with van der Waals surface area (Å²) in [7, 11) is 3.38. The molecule has 136 valence electrons. The Morgan fingerprint density at radius 1 is 1.08 bits per heavy atom. The summed E-state index contributed by atoms with van der Waals surface area (Å²) in [5, 5.41) is 9.95. The molecule has 1 saturated heterocycles. The van der Waals surface area contributed by atoms with Gasteiger partial charge in [0.2, 0.25) is 0 Å². The standard InChI is InChI=1S/C18H30N2O4/c1-4-24-14-16(21)13-20-9-7-19(8-10-20)12-15-11-17(22-2)5-6-18(15)23-3/h5-6,11,16,21H,4,7-10,12-14H2,1-3H3. The van der Waals surface area contributed by atoms with Crippen LogP contribution in [-0.4, -0.2) is 81.2 Å². The summed E-state index contributed by atoms with van der Waals surface area (Å²) in [5.74, 6) is 1.74. The molecule has 1 aliphatic heterocycles. The second kappa shape index (κ2) is 9.84. The van der Waals surface area contributed by atoms with Gasteiger partial charge < -0.3 is 19.3 Å². The summed E-state index contributed by atoms with van der Waals surface area (Å²) in [6.07, 6.45) is -0.407. The highest BCUT2D eigenvalue weighted by Crippen LogP contribution is 2.25. The number of hydrogen-bond donors (Lipinski definition) is 1. The van der Waals surface area contributed by atoms with Crippen LogP contribution in [0.1, 0.15) is 12.5 Å². The Kier molecular flexibility index (Phi) is 7.78. The SMILES string of the molecule is CCOCC(O)CN1CCN(Cc2cc(OC)ccc2OC)CC1. The minimum Gasteiger partial charge on any atom is -0.497 e. The summed E-state index contributed by atoms with van der Waals surface area (Å²) in [5.41, 5.74) is 1.14. The number of aliphatic hydroxyl groups is 1. The molecule has 1 aliphatic rings. The van der Waals surface area contributed by atoms with Gasteiger partial charge >= 0.3 is 0 Å². The van der Waals surface area contributed by atoms with Crippen molar-refractivity contribution in [2.24, 2.45) is 0 Å². The van der Waals surface area contributed by atoms with Crippen LogP contribution in [0.5, 0.6) is 11.5 Å². The summed E-state index contributed by atoms with van der Waals surface area (Å²) in [6.45, 7) is 8.38. The van der Waals surface area contributed by atoms with Crippen LogP contribution in [0, 0.1) is 0 Å². The van der Waals surface area contributed by atoms with Gasteiger partial charge in [0.1, 0.15) is 11.5 Å². The van der Waals surface area contributed by atoms with E-state index in [1.807, 2.05) is 25.1 Å². The maximum atomic E-state index is 9.95. The molecular formula is C18H30N2O4. The average Bonchev–Trinajstić information content (AvgIpc) is 2.61. The van der Waals surface area contributed by atoms with Crippen LogP contribution in [0.2, 0.25) is 0 Å². The predicted octanol–water partition coefficient (Wildman–Crippen LogP) is 1.22. The molecule has 2 rings (SSSR count). The first-order valence-corrected chi connectivity index (χ1v) is 8.57. The van der Waals surface area contributed by atoms with E-state index < -0.39 is 6.10 Å². The molecule has 1 unspecified atom stereocenters. The zero-order chi connectivity index (χ0) is 17.4. The zero-order valence-electron chi connectivity index (χ0n) is 15.0. The third kappa shape index (κ3) is 5.63. The summed E-state index contributed by atoms with van der Waals surface area (Å²) >= 11 is 0. The quantitative estimate of drug-likeness (QED) is 0.731. The summed E-state index contributed by atoms with van der Waals surface area (Å²) in [4.78, 5) is 4.70. The molecule has 1 N–H and O–H groups in total. The number of aliphatic hydroxyl groups excluding tert-OH is 1. The molecular weight excluding hydrogens is 308 g/mol. The molecule has 0 bridgehead atoms. The number of methoxy groups -OCH3 is 2. The molecule has 0 aromatic heterocycles. The third-order valence-electron chi connectivity index (χ3n) is 4.33. The largest absolute Gasteiger partial charge is 0.497 e. The van der Waals surface area contributed by atoms with E-state index in [1.54, 1.807) is 14.2 Å². The highest BCUT2D eigenvalue weighted by Gasteiger charge is 2.20. The first kappa shape index (κ1) is 19.0. The summed E-state index contributed by atoms with van der Waals surface area (Å²) < 4.78 is 16.0. The number of nitrogens with zero attached hydrogens (tertiary/aromatic N) is 2. The molecule has 0 saturated carbocycles. The lowest BCUT2D eigenvalue weighted by molar-refractivity contribution is 0.0101. The molecule has 0 amide bonds. The molecule has 6 heteroatoms. The first-order valence-electron chi connectivity index (χ1n) is 8.57. The van der Waals surface area contributed by atoms with Crippen molar-refractivity contribution in [1.29, 1.82) is 0 Å². The Hall–Kier alpha value is -1.34. The maximum absolute atomic E-state index is 9.95. The number of piperazine rings is 1. The summed E-state index contributed by atoms with van der Waals surface area (Å²) in [6, 6.07) is 5.91. The van der Waals surface area contributed by atoms with Crippen molar-refractivity contribution in [3.05, 3.63) is 23.8 Å². The second-order valence-corrected chi connectivity index (χ2v) is 6.07. The van der Waals surface area contributed by atoms with Gasteiger partial charge in [-0.3, -0.25) is 9.80 Å². The average molecular weight is 338 g/mol. The van der Waals surface area contributed by atoms with Crippen LogP contribution < -0.4 is 9.47 Å². The van der Waals surface area contributed by atoms with E-state index in [1.165, 1.54) is 0 Å². The van der Waals surface area contributed by atoms with Crippen molar-refractivity contribution >= 4 is 0 Å². The van der Waals surface area contributed by atoms with Gasteiger partial charge in [0.25, 0.3) is 0 Å². The van der Waals surface area contributed by atoms with Gasteiger partial charge in [0.15, 0.2) is 0 Å². The molecule has 1 heterocycles. The van der Waals surface area contributed by atoms with Crippen molar-refractivity contribution in [3.8, 4) is 11.5 Å². The Labute approximate surface area is 144 Å².